The summed E-state index contributed by atoms with van der Waals surface area (Å²) in [5.41, 5.74) is 7.66. The van der Waals surface area contributed by atoms with E-state index in [2.05, 4.69) is 73.3 Å². The predicted molar refractivity (Wildman–Crippen MR) is 107 cm³/mol. The van der Waals surface area contributed by atoms with Crippen LogP contribution >= 0.6 is 0 Å². The minimum atomic E-state index is 0.462. The lowest BCUT2D eigenvalue weighted by Crippen LogP contribution is -2.35. The van der Waals surface area contributed by atoms with Gasteiger partial charge in [0.05, 0.1) is 11.7 Å². The molecule has 1 aromatic heterocycles. The van der Waals surface area contributed by atoms with Gasteiger partial charge in [-0.3, -0.25) is 0 Å². The van der Waals surface area contributed by atoms with Gasteiger partial charge in [0.25, 0.3) is 0 Å². The Morgan fingerprint density at radius 3 is 2.54 bits per heavy atom. The van der Waals surface area contributed by atoms with Gasteiger partial charge in [0.2, 0.25) is 0 Å². The van der Waals surface area contributed by atoms with Crippen LogP contribution in [0.15, 0.2) is 65.1 Å². The summed E-state index contributed by atoms with van der Waals surface area (Å²) in [7, 11) is 0. The summed E-state index contributed by atoms with van der Waals surface area (Å²) in [6.45, 7) is 4.59. The normalized spacial score (nSPS) is 23.9. The molecule has 1 fully saturated rings. The Balaban J connectivity index is 1.63. The first-order valence-electron chi connectivity index (χ1n) is 9.52. The van der Waals surface area contributed by atoms with Crippen LogP contribution in [0.4, 0.5) is 5.69 Å². The molecular formula is C24H21NO. The summed E-state index contributed by atoms with van der Waals surface area (Å²) < 4.78 is 6.38. The molecule has 0 N–H and O–H groups in total. The second-order valence-corrected chi connectivity index (χ2v) is 7.84. The maximum Gasteiger partial charge on any atom is 0.158 e. The average Bonchev–Trinajstić information content (AvgIpc) is 3.32. The molecule has 6 rings (SSSR count). The first-order chi connectivity index (χ1) is 12.7. The molecule has 1 aliphatic heterocycles. The highest BCUT2D eigenvalue weighted by Gasteiger charge is 2.48. The van der Waals surface area contributed by atoms with E-state index in [4.69, 9.17) is 4.42 Å². The molecule has 3 aromatic carbocycles. The molecule has 128 valence electrons. The molecule has 2 bridgehead atoms. The Hall–Kier alpha value is -2.74. The summed E-state index contributed by atoms with van der Waals surface area (Å²) >= 11 is 0. The SMILES string of the molecule is Cc1ccc2c(oc3ccccc32)c1N1C2CC(c3ccccc32)[C@@H]1C. The van der Waals surface area contributed by atoms with Gasteiger partial charge in [-0.25, -0.2) is 0 Å². The van der Waals surface area contributed by atoms with Crippen LogP contribution in [0.5, 0.6) is 0 Å². The molecule has 2 heterocycles. The lowest BCUT2D eigenvalue weighted by Gasteiger charge is -2.37. The summed E-state index contributed by atoms with van der Waals surface area (Å²) in [5, 5.41) is 2.44. The lowest BCUT2D eigenvalue weighted by molar-refractivity contribution is 0.605. The highest BCUT2D eigenvalue weighted by Crippen LogP contribution is 2.56. The maximum atomic E-state index is 6.38. The summed E-state index contributed by atoms with van der Waals surface area (Å²) in [6, 6.07) is 22.8. The smallest absolute Gasteiger partial charge is 0.158 e. The molecular weight excluding hydrogens is 318 g/mol. The van der Waals surface area contributed by atoms with Crippen molar-refractivity contribution in [3.8, 4) is 0 Å². The van der Waals surface area contributed by atoms with Crippen molar-refractivity contribution < 1.29 is 4.42 Å². The van der Waals surface area contributed by atoms with Crippen molar-refractivity contribution in [2.24, 2.45) is 0 Å². The van der Waals surface area contributed by atoms with Gasteiger partial charge in [0.15, 0.2) is 5.58 Å². The van der Waals surface area contributed by atoms with E-state index in [9.17, 15) is 0 Å². The predicted octanol–water partition coefficient (Wildman–Crippen LogP) is 6.33. The Kier molecular flexibility index (Phi) is 2.73. The number of anilines is 1. The van der Waals surface area contributed by atoms with E-state index in [-0.39, 0.29) is 0 Å². The Morgan fingerprint density at radius 2 is 1.65 bits per heavy atom. The van der Waals surface area contributed by atoms with Gasteiger partial charge in [-0.05, 0) is 43.0 Å². The zero-order chi connectivity index (χ0) is 17.4. The van der Waals surface area contributed by atoms with Crippen LogP contribution in [0.1, 0.15) is 42.0 Å². The van der Waals surface area contributed by atoms with E-state index in [0.717, 1.165) is 11.2 Å². The van der Waals surface area contributed by atoms with E-state index in [0.29, 0.717) is 18.0 Å². The van der Waals surface area contributed by atoms with E-state index in [1.807, 2.05) is 6.07 Å². The average molecular weight is 339 g/mol. The summed E-state index contributed by atoms with van der Waals surface area (Å²) in [5.74, 6) is 0.621. The largest absolute Gasteiger partial charge is 0.454 e. The van der Waals surface area contributed by atoms with E-state index in [1.165, 1.54) is 34.0 Å². The van der Waals surface area contributed by atoms with E-state index in [1.54, 1.807) is 5.56 Å². The Morgan fingerprint density at radius 1 is 0.885 bits per heavy atom. The monoisotopic (exact) mass is 339 g/mol. The second-order valence-electron chi connectivity index (χ2n) is 7.84. The molecule has 2 aliphatic rings. The Bertz CT molecular complexity index is 1170. The van der Waals surface area contributed by atoms with Crippen LogP contribution < -0.4 is 4.90 Å². The van der Waals surface area contributed by atoms with Gasteiger partial charge < -0.3 is 9.32 Å². The Labute approximate surface area is 153 Å². The van der Waals surface area contributed by atoms with E-state index >= 15 is 0 Å². The van der Waals surface area contributed by atoms with Crippen molar-refractivity contribution >= 4 is 27.6 Å². The van der Waals surface area contributed by atoms with Crippen LogP contribution in [0.3, 0.4) is 0 Å². The molecule has 1 saturated heterocycles. The molecule has 3 atom stereocenters. The number of fused-ring (bicyclic) bond motifs is 8. The molecule has 0 amide bonds. The molecule has 0 spiro atoms. The topological polar surface area (TPSA) is 16.4 Å². The van der Waals surface area contributed by atoms with Gasteiger partial charge in [-0.15, -0.1) is 0 Å². The van der Waals surface area contributed by atoms with Gasteiger partial charge in [-0.2, -0.15) is 0 Å². The van der Waals surface area contributed by atoms with Gasteiger partial charge in [0.1, 0.15) is 5.58 Å². The third-order valence-corrected chi connectivity index (χ3v) is 6.57. The van der Waals surface area contributed by atoms with Gasteiger partial charge in [0, 0.05) is 22.7 Å². The minimum absolute atomic E-state index is 0.462. The number of benzene rings is 3. The fourth-order valence-corrected chi connectivity index (χ4v) is 5.40. The maximum absolute atomic E-state index is 6.38. The van der Waals surface area contributed by atoms with Crippen molar-refractivity contribution in [1.82, 2.24) is 0 Å². The standard InChI is InChI=1S/C24H21NO/c1-14-11-12-19-18-9-5-6-10-22(18)26-24(19)23(14)25-15(2)20-13-21(25)17-8-4-3-7-16(17)20/h3-12,15,20-21H,13H2,1-2H3/t15-,20?,21?/m0/s1. The molecule has 0 saturated carbocycles. The van der Waals surface area contributed by atoms with Crippen LogP contribution in [0, 0.1) is 6.92 Å². The van der Waals surface area contributed by atoms with Crippen LogP contribution in [0.25, 0.3) is 21.9 Å². The van der Waals surface area contributed by atoms with Crippen molar-refractivity contribution in [1.29, 1.82) is 0 Å². The molecule has 26 heavy (non-hydrogen) atoms. The molecule has 0 radical (unpaired) electrons. The molecule has 4 aromatic rings. The van der Waals surface area contributed by atoms with Crippen molar-refractivity contribution in [3.63, 3.8) is 0 Å². The number of furan rings is 1. The molecule has 1 aliphatic carbocycles. The molecule has 2 unspecified atom stereocenters. The zero-order valence-corrected chi connectivity index (χ0v) is 15.1. The first-order valence-corrected chi connectivity index (χ1v) is 9.52. The van der Waals surface area contributed by atoms with Gasteiger partial charge in [-0.1, -0.05) is 54.6 Å². The number of hydrogen-bond donors (Lipinski definition) is 0. The van der Waals surface area contributed by atoms with Crippen LogP contribution in [0.2, 0.25) is 0 Å². The number of rotatable bonds is 1. The second kappa shape index (κ2) is 4.91. The number of hydrogen-bond acceptors (Lipinski definition) is 2. The van der Waals surface area contributed by atoms with Crippen molar-refractivity contribution in [3.05, 3.63) is 77.4 Å². The number of para-hydroxylation sites is 1. The quantitative estimate of drug-likeness (QED) is 0.403. The van der Waals surface area contributed by atoms with Crippen molar-refractivity contribution in [2.45, 2.75) is 38.3 Å². The fraction of sp³-hybridized carbons (Fsp3) is 0.250. The summed E-state index contributed by atoms with van der Waals surface area (Å²) in [4.78, 5) is 2.63. The van der Waals surface area contributed by atoms with Crippen LogP contribution in [-0.4, -0.2) is 6.04 Å². The lowest BCUT2D eigenvalue weighted by atomic mass is 9.92. The number of nitrogens with zero attached hydrogens (tertiary/aromatic N) is 1. The van der Waals surface area contributed by atoms with Crippen LogP contribution in [-0.2, 0) is 0 Å². The fourth-order valence-electron chi connectivity index (χ4n) is 5.40. The van der Waals surface area contributed by atoms with Crippen molar-refractivity contribution in [2.75, 3.05) is 4.90 Å². The zero-order valence-electron chi connectivity index (χ0n) is 15.1. The van der Waals surface area contributed by atoms with E-state index < -0.39 is 0 Å². The third kappa shape index (κ3) is 1.67. The third-order valence-electron chi connectivity index (χ3n) is 6.57. The minimum Gasteiger partial charge on any atom is -0.454 e. The highest BCUT2D eigenvalue weighted by atomic mass is 16.3. The first kappa shape index (κ1) is 14.4. The van der Waals surface area contributed by atoms with Gasteiger partial charge >= 0.3 is 0 Å². The molecule has 2 nitrogen and oxygen atoms in total. The summed E-state index contributed by atoms with van der Waals surface area (Å²) in [6.07, 6.45) is 1.22. The highest BCUT2D eigenvalue weighted by molar-refractivity contribution is 6.09. The number of aryl methyl sites for hydroxylation is 1. The molecule has 2 heteroatoms.